The highest BCUT2D eigenvalue weighted by Crippen LogP contribution is 2.22. The molecule has 2 aromatic heterocycles. The average molecular weight is 257 g/mol. The minimum absolute atomic E-state index is 0.548. The Morgan fingerprint density at radius 2 is 2.26 bits per heavy atom. The van der Waals surface area contributed by atoms with Crippen molar-refractivity contribution in [1.29, 1.82) is 0 Å². The molecule has 1 unspecified atom stereocenters. The fourth-order valence-electron chi connectivity index (χ4n) is 2.72. The summed E-state index contributed by atoms with van der Waals surface area (Å²) in [4.78, 5) is 10.8. The predicted molar refractivity (Wildman–Crippen MR) is 75.5 cm³/mol. The topological polar surface area (TPSA) is 60.0 Å². The Morgan fingerprint density at radius 3 is 2.95 bits per heavy atom. The van der Waals surface area contributed by atoms with Crippen molar-refractivity contribution in [3.8, 4) is 11.3 Å². The molecule has 3 heterocycles. The van der Waals surface area contributed by atoms with Crippen molar-refractivity contribution in [3.05, 3.63) is 30.9 Å². The van der Waals surface area contributed by atoms with Crippen LogP contribution in [0.2, 0.25) is 0 Å². The summed E-state index contributed by atoms with van der Waals surface area (Å²) < 4.78 is 2.22. The van der Waals surface area contributed by atoms with Crippen molar-refractivity contribution in [3.63, 3.8) is 0 Å². The van der Waals surface area contributed by atoms with Gasteiger partial charge < -0.3 is 15.2 Å². The van der Waals surface area contributed by atoms with Crippen LogP contribution in [0.4, 0.5) is 5.82 Å². The highest BCUT2D eigenvalue weighted by Gasteiger charge is 2.20. The largest absolute Gasteiger partial charge is 0.384 e. The molecule has 100 valence electrons. The first-order valence-electron chi connectivity index (χ1n) is 6.63. The molecule has 0 bridgehead atoms. The zero-order valence-electron chi connectivity index (χ0n) is 11.2. The van der Waals surface area contributed by atoms with Crippen LogP contribution in [0.5, 0.6) is 0 Å². The maximum absolute atomic E-state index is 5.63. The third-order valence-electron chi connectivity index (χ3n) is 3.74. The lowest BCUT2D eigenvalue weighted by molar-refractivity contribution is 0.378. The fraction of sp³-hybridized carbons (Fsp3) is 0.429. The molecule has 0 spiro atoms. The van der Waals surface area contributed by atoms with E-state index in [0.717, 1.165) is 24.3 Å². The van der Waals surface area contributed by atoms with Gasteiger partial charge in [0.1, 0.15) is 5.82 Å². The molecule has 0 saturated carbocycles. The molecule has 0 radical (unpaired) electrons. The number of rotatable bonds is 3. The second-order valence-electron chi connectivity index (χ2n) is 5.32. The number of nitrogens with zero attached hydrogens (tertiary/aromatic N) is 4. The quantitative estimate of drug-likeness (QED) is 0.904. The highest BCUT2D eigenvalue weighted by molar-refractivity contribution is 5.59. The lowest BCUT2D eigenvalue weighted by Gasteiger charge is -2.13. The Labute approximate surface area is 113 Å². The Morgan fingerprint density at radius 1 is 1.37 bits per heavy atom. The summed E-state index contributed by atoms with van der Waals surface area (Å²) in [5.74, 6) is 1.26. The van der Waals surface area contributed by atoms with Gasteiger partial charge in [-0.15, -0.1) is 0 Å². The lowest BCUT2D eigenvalue weighted by Crippen LogP contribution is -2.17. The summed E-state index contributed by atoms with van der Waals surface area (Å²) in [6, 6.07) is 3.83. The van der Waals surface area contributed by atoms with Crippen molar-refractivity contribution in [1.82, 2.24) is 19.4 Å². The van der Waals surface area contributed by atoms with Gasteiger partial charge in [-0.25, -0.2) is 9.97 Å². The number of nitrogen functional groups attached to an aromatic ring is 1. The number of imidazole rings is 1. The molecule has 0 aliphatic carbocycles. The molecule has 1 aliphatic rings. The standard InChI is InChI=1S/C14H19N5/c1-18-5-4-11(8-18)9-19-10-16-7-13(19)12-2-3-14(15)17-6-12/h2-3,6-7,10-11H,4-5,8-9H2,1H3,(H2,15,17). The van der Waals surface area contributed by atoms with Crippen molar-refractivity contribution in [2.24, 2.45) is 5.92 Å². The summed E-state index contributed by atoms with van der Waals surface area (Å²) >= 11 is 0. The Bertz CT molecular complexity index is 545. The summed E-state index contributed by atoms with van der Waals surface area (Å²) in [6.07, 6.45) is 6.87. The van der Waals surface area contributed by atoms with Crippen LogP contribution in [0.15, 0.2) is 30.9 Å². The number of pyridine rings is 1. The predicted octanol–water partition coefficient (Wildman–Crippen LogP) is 1.48. The number of aromatic nitrogens is 3. The number of nitrogens with two attached hydrogens (primary N) is 1. The normalized spacial score (nSPS) is 19.9. The number of likely N-dealkylation sites (tertiary alicyclic amines) is 1. The fourth-order valence-corrected chi connectivity index (χ4v) is 2.72. The maximum Gasteiger partial charge on any atom is 0.123 e. The van der Waals surface area contributed by atoms with Crippen molar-refractivity contribution in [2.45, 2.75) is 13.0 Å². The Hall–Kier alpha value is -1.88. The smallest absolute Gasteiger partial charge is 0.123 e. The SMILES string of the molecule is CN1CCC(Cn2cncc2-c2ccc(N)nc2)C1. The van der Waals surface area contributed by atoms with Crippen LogP contribution in [0.1, 0.15) is 6.42 Å². The van der Waals surface area contributed by atoms with E-state index in [1.165, 1.54) is 13.0 Å². The third kappa shape index (κ3) is 2.61. The highest BCUT2D eigenvalue weighted by atomic mass is 15.1. The van der Waals surface area contributed by atoms with Crippen LogP contribution >= 0.6 is 0 Å². The molecule has 2 aromatic rings. The van der Waals surface area contributed by atoms with Gasteiger partial charge in [0.25, 0.3) is 0 Å². The zero-order valence-corrected chi connectivity index (χ0v) is 11.2. The van der Waals surface area contributed by atoms with Gasteiger partial charge in [0.2, 0.25) is 0 Å². The van der Waals surface area contributed by atoms with E-state index in [1.54, 1.807) is 0 Å². The molecule has 5 heteroatoms. The van der Waals surface area contributed by atoms with Gasteiger partial charge in [-0.05, 0) is 38.1 Å². The van der Waals surface area contributed by atoms with Gasteiger partial charge in [0.15, 0.2) is 0 Å². The Kier molecular flexibility index (Phi) is 3.21. The number of hydrogen-bond donors (Lipinski definition) is 1. The van der Waals surface area contributed by atoms with E-state index in [4.69, 9.17) is 5.73 Å². The van der Waals surface area contributed by atoms with Gasteiger partial charge >= 0.3 is 0 Å². The van der Waals surface area contributed by atoms with Gasteiger partial charge in [-0.2, -0.15) is 0 Å². The van der Waals surface area contributed by atoms with Crippen molar-refractivity contribution >= 4 is 5.82 Å². The van der Waals surface area contributed by atoms with E-state index in [9.17, 15) is 0 Å². The molecule has 0 amide bonds. The lowest BCUT2D eigenvalue weighted by atomic mass is 10.1. The van der Waals surface area contributed by atoms with Crippen molar-refractivity contribution < 1.29 is 0 Å². The second kappa shape index (κ2) is 5.01. The molecule has 1 aliphatic heterocycles. The van der Waals surface area contributed by atoms with E-state index in [2.05, 4.69) is 26.5 Å². The van der Waals surface area contributed by atoms with E-state index in [-0.39, 0.29) is 0 Å². The first-order chi connectivity index (χ1) is 9.22. The molecule has 1 atom stereocenters. The average Bonchev–Trinajstić information content (AvgIpc) is 3.00. The first kappa shape index (κ1) is 12.2. The molecule has 5 nitrogen and oxygen atoms in total. The minimum Gasteiger partial charge on any atom is -0.384 e. The van der Waals surface area contributed by atoms with Gasteiger partial charge in [0, 0.05) is 24.8 Å². The first-order valence-corrected chi connectivity index (χ1v) is 6.63. The monoisotopic (exact) mass is 257 g/mol. The van der Waals surface area contributed by atoms with E-state index < -0.39 is 0 Å². The molecular weight excluding hydrogens is 238 g/mol. The summed E-state index contributed by atoms with van der Waals surface area (Å²) in [7, 11) is 2.18. The van der Waals surface area contributed by atoms with Crippen LogP contribution in [0, 0.1) is 5.92 Å². The molecule has 1 fully saturated rings. The second-order valence-corrected chi connectivity index (χ2v) is 5.32. The van der Waals surface area contributed by atoms with Crippen LogP contribution < -0.4 is 5.73 Å². The van der Waals surface area contributed by atoms with Crippen LogP contribution in [0.3, 0.4) is 0 Å². The Balaban J connectivity index is 1.80. The minimum atomic E-state index is 0.548. The van der Waals surface area contributed by atoms with Crippen molar-refractivity contribution in [2.75, 3.05) is 25.9 Å². The van der Waals surface area contributed by atoms with Gasteiger partial charge in [-0.3, -0.25) is 0 Å². The summed E-state index contributed by atoms with van der Waals surface area (Å²) in [5, 5.41) is 0. The molecule has 1 saturated heterocycles. The molecule has 19 heavy (non-hydrogen) atoms. The molecule has 0 aromatic carbocycles. The third-order valence-corrected chi connectivity index (χ3v) is 3.74. The van der Waals surface area contributed by atoms with Crippen LogP contribution in [0.25, 0.3) is 11.3 Å². The van der Waals surface area contributed by atoms with E-state index in [1.807, 2.05) is 30.9 Å². The molecule has 3 rings (SSSR count). The van der Waals surface area contributed by atoms with E-state index in [0.29, 0.717) is 11.7 Å². The van der Waals surface area contributed by atoms with Gasteiger partial charge in [0.05, 0.1) is 18.2 Å². The number of anilines is 1. The summed E-state index contributed by atoms with van der Waals surface area (Å²) in [5.41, 5.74) is 7.81. The summed E-state index contributed by atoms with van der Waals surface area (Å²) in [6.45, 7) is 3.37. The van der Waals surface area contributed by atoms with Crippen LogP contribution in [-0.4, -0.2) is 39.6 Å². The number of hydrogen-bond acceptors (Lipinski definition) is 4. The van der Waals surface area contributed by atoms with Crippen LogP contribution in [-0.2, 0) is 6.54 Å². The maximum atomic E-state index is 5.63. The van der Waals surface area contributed by atoms with Gasteiger partial charge in [-0.1, -0.05) is 0 Å². The van der Waals surface area contributed by atoms with E-state index >= 15 is 0 Å². The molecular formula is C14H19N5. The zero-order chi connectivity index (χ0) is 13.2. The molecule has 2 N–H and O–H groups in total.